The molecule has 0 aliphatic heterocycles. The maximum Gasteiger partial charge on any atom is 0.167 e. The largest absolute Gasteiger partial charge is 0.488 e. The van der Waals surface area contributed by atoms with Crippen molar-refractivity contribution in [2.75, 3.05) is 5.73 Å². The summed E-state index contributed by atoms with van der Waals surface area (Å²) in [6.45, 7) is 3.55. The summed E-state index contributed by atoms with van der Waals surface area (Å²) in [6.07, 6.45) is -0.198. The third-order valence-corrected chi connectivity index (χ3v) is 2.84. The quantitative estimate of drug-likeness (QED) is 0.826. The van der Waals surface area contributed by atoms with Gasteiger partial charge in [0.15, 0.2) is 17.3 Å². The highest BCUT2D eigenvalue weighted by atomic mass is 35.5. The maximum absolute atomic E-state index is 13.7. The van der Waals surface area contributed by atoms with Gasteiger partial charge in [-0.25, -0.2) is 8.78 Å². The molecule has 2 aromatic carbocycles. The number of nitrogens with two attached hydrogens (primary N) is 1. The van der Waals surface area contributed by atoms with Gasteiger partial charge in [-0.1, -0.05) is 11.6 Å². The van der Waals surface area contributed by atoms with Crippen LogP contribution in [0.1, 0.15) is 13.8 Å². The number of halogens is 3. The lowest BCUT2D eigenvalue weighted by Gasteiger charge is -2.14. The van der Waals surface area contributed by atoms with Crippen LogP contribution < -0.4 is 15.2 Å². The van der Waals surface area contributed by atoms with Crippen LogP contribution in [0.25, 0.3) is 0 Å². The van der Waals surface area contributed by atoms with Crippen LogP contribution in [0.2, 0.25) is 5.02 Å². The van der Waals surface area contributed by atoms with Gasteiger partial charge in [-0.15, -0.1) is 0 Å². The van der Waals surface area contributed by atoms with E-state index in [-0.39, 0.29) is 34.1 Å². The fourth-order valence-electron chi connectivity index (χ4n) is 1.65. The molecule has 0 saturated carbocycles. The molecule has 0 radical (unpaired) electrons. The fourth-order valence-corrected chi connectivity index (χ4v) is 1.82. The van der Waals surface area contributed by atoms with Crippen LogP contribution in [0.3, 0.4) is 0 Å². The fraction of sp³-hybridized carbons (Fsp3) is 0.200. The Morgan fingerprint density at radius 2 is 1.76 bits per heavy atom. The minimum absolute atomic E-state index is 0.0300. The summed E-state index contributed by atoms with van der Waals surface area (Å²) in [5, 5.41) is -0.0770. The van der Waals surface area contributed by atoms with Gasteiger partial charge in [0.1, 0.15) is 11.6 Å². The van der Waals surface area contributed by atoms with E-state index in [0.29, 0.717) is 0 Å². The van der Waals surface area contributed by atoms with Crippen LogP contribution in [0, 0.1) is 11.6 Å². The molecule has 2 rings (SSSR count). The Hall–Kier alpha value is -2.01. The standard InChI is InChI=1S/C15H14ClF2NO2/c1-8(2)20-14-7-15(13(19)6-12(14)18)21-9-3-4-11(17)10(16)5-9/h3-8H,19H2,1-2H3. The van der Waals surface area contributed by atoms with Crippen molar-refractivity contribution in [2.24, 2.45) is 0 Å². The van der Waals surface area contributed by atoms with Gasteiger partial charge >= 0.3 is 0 Å². The number of hydrogen-bond acceptors (Lipinski definition) is 3. The van der Waals surface area contributed by atoms with E-state index in [4.69, 9.17) is 26.8 Å². The normalized spacial score (nSPS) is 10.8. The second-order valence-electron chi connectivity index (χ2n) is 4.67. The van der Waals surface area contributed by atoms with Crippen molar-refractivity contribution in [1.82, 2.24) is 0 Å². The van der Waals surface area contributed by atoms with Gasteiger partial charge < -0.3 is 15.2 Å². The first-order chi connectivity index (χ1) is 9.86. The summed E-state index contributed by atoms with van der Waals surface area (Å²) in [7, 11) is 0. The van der Waals surface area contributed by atoms with Crippen LogP contribution in [-0.4, -0.2) is 6.10 Å². The van der Waals surface area contributed by atoms with Gasteiger partial charge in [0.05, 0.1) is 16.8 Å². The molecule has 0 aromatic heterocycles. The molecule has 0 unspecified atom stereocenters. The molecule has 0 heterocycles. The number of ether oxygens (including phenoxy) is 2. The molecule has 0 bridgehead atoms. The number of hydrogen-bond donors (Lipinski definition) is 1. The lowest BCUT2D eigenvalue weighted by Crippen LogP contribution is -2.07. The van der Waals surface area contributed by atoms with Crippen molar-refractivity contribution in [2.45, 2.75) is 20.0 Å². The number of rotatable bonds is 4. The Bertz CT molecular complexity index is 662. The van der Waals surface area contributed by atoms with Crippen molar-refractivity contribution in [1.29, 1.82) is 0 Å². The van der Waals surface area contributed by atoms with Crippen molar-refractivity contribution in [3.8, 4) is 17.2 Å². The van der Waals surface area contributed by atoms with E-state index < -0.39 is 11.6 Å². The van der Waals surface area contributed by atoms with E-state index in [9.17, 15) is 8.78 Å². The minimum Gasteiger partial charge on any atom is -0.488 e. The van der Waals surface area contributed by atoms with Gasteiger partial charge in [0.25, 0.3) is 0 Å². The molecule has 6 heteroatoms. The highest BCUT2D eigenvalue weighted by molar-refractivity contribution is 6.30. The van der Waals surface area contributed by atoms with E-state index in [1.807, 2.05) is 0 Å². The highest BCUT2D eigenvalue weighted by Crippen LogP contribution is 2.34. The van der Waals surface area contributed by atoms with Crippen molar-refractivity contribution in [3.63, 3.8) is 0 Å². The Kier molecular flexibility index (Phi) is 4.53. The first kappa shape index (κ1) is 15.4. The Morgan fingerprint density at radius 1 is 1.05 bits per heavy atom. The van der Waals surface area contributed by atoms with E-state index >= 15 is 0 Å². The average Bonchev–Trinajstić information content (AvgIpc) is 2.39. The van der Waals surface area contributed by atoms with Gasteiger partial charge in [0.2, 0.25) is 0 Å². The molecule has 2 aromatic rings. The van der Waals surface area contributed by atoms with Crippen LogP contribution in [0.4, 0.5) is 14.5 Å². The molecule has 0 aliphatic carbocycles. The molecule has 0 amide bonds. The van der Waals surface area contributed by atoms with Crippen molar-refractivity contribution in [3.05, 3.63) is 47.0 Å². The number of anilines is 1. The number of benzene rings is 2. The molecule has 112 valence electrons. The highest BCUT2D eigenvalue weighted by Gasteiger charge is 2.13. The molecule has 3 nitrogen and oxygen atoms in total. The van der Waals surface area contributed by atoms with E-state index in [1.165, 1.54) is 24.3 Å². The lowest BCUT2D eigenvalue weighted by atomic mass is 10.2. The molecule has 0 aliphatic rings. The molecule has 0 atom stereocenters. The first-order valence-corrected chi connectivity index (χ1v) is 6.63. The SMILES string of the molecule is CC(C)Oc1cc(Oc2ccc(F)c(Cl)c2)c(N)cc1F. The third kappa shape index (κ3) is 3.76. The number of nitrogen functional groups attached to an aromatic ring is 1. The molecule has 0 saturated heterocycles. The van der Waals surface area contributed by atoms with Crippen molar-refractivity contribution >= 4 is 17.3 Å². The molecule has 21 heavy (non-hydrogen) atoms. The molecular weight excluding hydrogens is 300 g/mol. The monoisotopic (exact) mass is 313 g/mol. The topological polar surface area (TPSA) is 44.5 Å². The maximum atomic E-state index is 13.7. The lowest BCUT2D eigenvalue weighted by molar-refractivity contribution is 0.230. The van der Waals surface area contributed by atoms with Crippen LogP contribution >= 0.6 is 11.6 Å². The van der Waals surface area contributed by atoms with Gasteiger partial charge in [0, 0.05) is 18.2 Å². The second-order valence-corrected chi connectivity index (χ2v) is 5.07. The zero-order valence-corrected chi connectivity index (χ0v) is 12.2. The summed E-state index contributed by atoms with van der Waals surface area (Å²) in [5.41, 5.74) is 5.81. The van der Waals surface area contributed by atoms with E-state index in [1.54, 1.807) is 13.8 Å². The summed E-state index contributed by atoms with van der Waals surface area (Å²) < 4.78 is 37.6. The molecular formula is C15H14ClF2NO2. The molecule has 2 N–H and O–H groups in total. The minimum atomic E-state index is -0.578. The average molecular weight is 314 g/mol. The summed E-state index contributed by atoms with van der Waals surface area (Å²) in [4.78, 5) is 0. The zero-order chi connectivity index (χ0) is 15.6. The van der Waals surface area contributed by atoms with E-state index in [0.717, 1.165) is 6.07 Å². The Labute approximate surface area is 126 Å². The van der Waals surface area contributed by atoms with Crippen LogP contribution in [0.15, 0.2) is 30.3 Å². The van der Waals surface area contributed by atoms with Gasteiger partial charge in [-0.3, -0.25) is 0 Å². The summed E-state index contributed by atoms with van der Waals surface area (Å²) in [6, 6.07) is 6.33. The van der Waals surface area contributed by atoms with E-state index in [2.05, 4.69) is 0 Å². The Balaban J connectivity index is 2.32. The second kappa shape index (κ2) is 6.18. The van der Waals surface area contributed by atoms with Crippen molar-refractivity contribution < 1.29 is 18.3 Å². The molecule has 0 spiro atoms. The third-order valence-electron chi connectivity index (χ3n) is 2.55. The first-order valence-electron chi connectivity index (χ1n) is 6.25. The van der Waals surface area contributed by atoms with Gasteiger partial charge in [-0.2, -0.15) is 0 Å². The molecule has 0 fully saturated rings. The smallest absolute Gasteiger partial charge is 0.167 e. The Morgan fingerprint density at radius 3 is 2.38 bits per heavy atom. The van der Waals surface area contributed by atoms with Gasteiger partial charge in [-0.05, 0) is 26.0 Å². The van der Waals surface area contributed by atoms with Crippen LogP contribution in [0.5, 0.6) is 17.2 Å². The predicted octanol–water partition coefficient (Wildman–Crippen LogP) is 4.78. The predicted molar refractivity (Wildman–Crippen MR) is 78.1 cm³/mol. The zero-order valence-electron chi connectivity index (χ0n) is 11.5. The van der Waals surface area contributed by atoms with Crippen LogP contribution in [-0.2, 0) is 0 Å². The summed E-state index contributed by atoms with van der Waals surface area (Å²) in [5.74, 6) is -0.613. The summed E-state index contributed by atoms with van der Waals surface area (Å²) >= 11 is 5.67.